The quantitative estimate of drug-likeness (QED) is 0.778. The summed E-state index contributed by atoms with van der Waals surface area (Å²) in [6.07, 6.45) is -6.49. The van der Waals surface area contributed by atoms with Crippen molar-refractivity contribution in [2.24, 2.45) is 0 Å². The maximum atomic E-state index is 13.0. The van der Waals surface area contributed by atoms with Crippen molar-refractivity contribution >= 4 is 37.4 Å². The third-order valence-corrected chi connectivity index (χ3v) is 4.57. The van der Waals surface area contributed by atoms with Gasteiger partial charge in [0, 0.05) is 32.6 Å². The van der Waals surface area contributed by atoms with Gasteiger partial charge in [0.15, 0.2) is 6.10 Å². The minimum absolute atomic E-state index is 0.0240. The lowest BCUT2D eigenvalue weighted by atomic mass is 10.1. The Morgan fingerprint density at radius 2 is 1.95 bits per heavy atom. The van der Waals surface area contributed by atoms with E-state index < -0.39 is 12.3 Å². The Morgan fingerprint density at radius 1 is 1.26 bits per heavy atom. The van der Waals surface area contributed by atoms with E-state index in [0.29, 0.717) is 9.86 Å². The molecule has 0 amide bonds. The molecular formula is C12H10BrF3O2S. The van der Waals surface area contributed by atoms with Gasteiger partial charge < -0.3 is 9.47 Å². The molecule has 0 spiro atoms. The summed E-state index contributed by atoms with van der Waals surface area (Å²) in [7, 11) is 2.38. The lowest BCUT2D eigenvalue weighted by Crippen LogP contribution is -2.23. The normalized spacial score (nSPS) is 13.8. The number of thiophene rings is 1. The van der Waals surface area contributed by atoms with Crippen molar-refractivity contribution in [2.75, 3.05) is 14.2 Å². The van der Waals surface area contributed by atoms with Crippen LogP contribution in [0.1, 0.15) is 11.7 Å². The van der Waals surface area contributed by atoms with Crippen LogP contribution in [-0.2, 0) is 4.74 Å². The van der Waals surface area contributed by atoms with Crippen LogP contribution in [0.3, 0.4) is 0 Å². The molecule has 2 rings (SSSR count). The van der Waals surface area contributed by atoms with Gasteiger partial charge in [-0.05, 0) is 22.0 Å². The van der Waals surface area contributed by atoms with E-state index in [2.05, 4.69) is 20.7 Å². The van der Waals surface area contributed by atoms with Gasteiger partial charge >= 0.3 is 6.18 Å². The first-order chi connectivity index (χ1) is 8.90. The summed E-state index contributed by atoms with van der Waals surface area (Å²) in [5.74, 6) is 0.190. The first kappa shape index (κ1) is 14.6. The molecule has 0 bridgehead atoms. The fourth-order valence-electron chi connectivity index (χ4n) is 1.94. The highest BCUT2D eigenvalue weighted by Gasteiger charge is 2.43. The van der Waals surface area contributed by atoms with Gasteiger partial charge in [0.2, 0.25) is 0 Å². The number of halogens is 4. The monoisotopic (exact) mass is 354 g/mol. The third kappa shape index (κ3) is 2.59. The van der Waals surface area contributed by atoms with Crippen LogP contribution in [-0.4, -0.2) is 20.4 Å². The van der Waals surface area contributed by atoms with Gasteiger partial charge in [0.25, 0.3) is 0 Å². The summed E-state index contributed by atoms with van der Waals surface area (Å²) in [4.78, 5) is 0. The van der Waals surface area contributed by atoms with Crippen molar-refractivity contribution in [1.82, 2.24) is 0 Å². The van der Waals surface area contributed by atoms with Gasteiger partial charge in [-0.25, -0.2) is 0 Å². The SMILES string of the molecule is COc1c(C(OC)C(F)(F)F)ccc2scc(Br)c12. The molecule has 0 saturated heterocycles. The lowest BCUT2D eigenvalue weighted by Gasteiger charge is -2.21. The largest absolute Gasteiger partial charge is 0.496 e. The highest BCUT2D eigenvalue weighted by atomic mass is 79.9. The first-order valence-corrected chi connectivity index (χ1v) is 6.90. The smallest absolute Gasteiger partial charge is 0.418 e. The summed E-state index contributed by atoms with van der Waals surface area (Å²) in [5, 5.41) is 2.45. The topological polar surface area (TPSA) is 18.5 Å². The molecule has 0 N–H and O–H groups in total. The molecule has 2 nitrogen and oxygen atoms in total. The highest BCUT2D eigenvalue weighted by molar-refractivity contribution is 9.10. The Labute approximate surface area is 120 Å². The Bertz CT molecular complexity index is 594. The fraction of sp³-hybridized carbons (Fsp3) is 0.333. The number of hydrogen-bond acceptors (Lipinski definition) is 3. The Hall–Kier alpha value is -0.790. The van der Waals surface area contributed by atoms with Gasteiger partial charge in [-0.1, -0.05) is 6.07 Å². The van der Waals surface area contributed by atoms with Crippen LogP contribution < -0.4 is 4.74 Å². The van der Waals surface area contributed by atoms with Gasteiger partial charge in [-0.3, -0.25) is 0 Å². The number of alkyl halides is 3. The van der Waals surface area contributed by atoms with E-state index in [0.717, 1.165) is 11.8 Å². The molecule has 19 heavy (non-hydrogen) atoms. The van der Waals surface area contributed by atoms with Crippen LogP contribution in [0, 0.1) is 0 Å². The molecule has 104 valence electrons. The second kappa shape index (κ2) is 5.30. The lowest BCUT2D eigenvalue weighted by molar-refractivity contribution is -0.216. The second-order valence-electron chi connectivity index (χ2n) is 3.80. The number of hydrogen-bond donors (Lipinski definition) is 0. The van der Waals surface area contributed by atoms with E-state index in [1.54, 1.807) is 6.07 Å². The Morgan fingerprint density at radius 3 is 2.47 bits per heavy atom. The Balaban J connectivity index is 2.69. The van der Waals surface area contributed by atoms with Crippen molar-refractivity contribution in [3.8, 4) is 5.75 Å². The van der Waals surface area contributed by atoms with E-state index in [1.165, 1.54) is 24.5 Å². The van der Waals surface area contributed by atoms with Crippen LogP contribution in [0.4, 0.5) is 13.2 Å². The average molecular weight is 355 g/mol. The standard InChI is InChI=1S/C12H10BrF3O2S/c1-17-10-6(11(18-2)12(14,15)16)3-4-8-9(10)7(13)5-19-8/h3-5,11H,1-2H3. The van der Waals surface area contributed by atoms with Crippen LogP contribution in [0.15, 0.2) is 22.0 Å². The zero-order chi connectivity index (χ0) is 14.2. The van der Waals surface area contributed by atoms with Gasteiger partial charge in [-0.15, -0.1) is 11.3 Å². The molecule has 2 aromatic rings. The number of methoxy groups -OCH3 is 2. The van der Waals surface area contributed by atoms with E-state index in [-0.39, 0.29) is 11.3 Å². The molecule has 1 atom stereocenters. The molecule has 1 aromatic carbocycles. The van der Waals surface area contributed by atoms with Crippen LogP contribution in [0.5, 0.6) is 5.75 Å². The number of rotatable bonds is 3. The van der Waals surface area contributed by atoms with E-state index in [9.17, 15) is 13.2 Å². The van der Waals surface area contributed by atoms with Crippen LogP contribution in [0.25, 0.3) is 10.1 Å². The highest BCUT2D eigenvalue weighted by Crippen LogP contribution is 2.45. The van der Waals surface area contributed by atoms with E-state index >= 15 is 0 Å². The Kier molecular flexibility index (Phi) is 4.08. The van der Waals surface area contributed by atoms with E-state index in [4.69, 9.17) is 4.74 Å². The maximum Gasteiger partial charge on any atom is 0.418 e. The molecule has 7 heteroatoms. The predicted molar refractivity (Wildman–Crippen MR) is 71.9 cm³/mol. The third-order valence-electron chi connectivity index (χ3n) is 2.70. The van der Waals surface area contributed by atoms with Crippen LogP contribution in [0.2, 0.25) is 0 Å². The summed E-state index contributed by atoms with van der Waals surface area (Å²) < 4.78 is 50.2. The van der Waals surface area contributed by atoms with Crippen molar-refractivity contribution < 1.29 is 22.6 Å². The summed E-state index contributed by atoms with van der Waals surface area (Å²) in [6, 6.07) is 3.03. The number of ether oxygens (including phenoxy) is 2. The van der Waals surface area contributed by atoms with Gasteiger partial charge in [0.05, 0.1) is 7.11 Å². The summed E-state index contributed by atoms with van der Waals surface area (Å²) >= 11 is 4.75. The van der Waals surface area contributed by atoms with E-state index in [1.807, 2.05) is 5.38 Å². The molecule has 1 unspecified atom stereocenters. The first-order valence-electron chi connectivity index (χ1n) is 5.23. The zero-order valence-corrected chi connectivity index (χ0v) is 12.4. The van der Waals surface area contributed by atoms with Crippen molar-refractivity contribution in [3.63, 3.8) is 0 Å². The molecule has 0 radical (unpaired) electrons. The molecule has 0 saturated carbocycles. The van der Waals surface area contributed by atoms with Crippen LogP contribution >= 0.6 is 27.3 Å². The summed E-state index contributed by atoms with van der Waals surface area (Å²) in [5.41, 5.74) is -0.0240. The predicted octanol–water partition coefficient (Wildman–Crippen LogP) is 4.92. The molecule has 0 fully saturated rings. The van der Waals surface area contributed by atoms with Crippen molar-refractivity contribution in [2.45, 2.75) is 12.3 Å². The molecule has 0 aliphatic rings. The van der Waals surface area contributed by atoms with Gasteiger partial charge in [-0.2, -0.15) is 13.2 Å². The average Bonchev–Trinajstić information content (AvgIpc) is 2.70. The minimum Gasteiger partial charge on any atom is -0.496 e. The second-order valence-corrected chi connectivity index (χ2v) is 5.57. The molecule has 0 aliphatic heterocycles. The van der Waals surface area contributed by atoms with Crippen molar-refractivity contribution in [1.29, 1.82) is 0 Å². The summed E-state index contributed by atoms with van der Waals surface area (Å²) in [6.45, 7) is 0. The molecule has 1 heterocycles. The van der Waals surface area contributed by atoms with Crippen molar-refractivity contribution in [3.05, 3.63) is 27.5 Å². The number of benzene rings is 1. The maximum absolute atomic E-state index is 13.0. The molecular weight excluding hydrogens is 345 g/mol. The minimum atomic E-state index is -4.49. The fourth-order valence-corrected chi connectivity index (χ4v) is 3.56. The molecule has 1 aromatic heterocycles. The van der Waals surface area contributed by atoms with Gasteiger partial charge in [0.1, 0.15) is 5.75 Å². The molecule has 0 aliphatic carbocycles. The number of fused-ring (bicyclic) bond motifs is 1. The zero-order valence-electron chi connectivity index (χ0n) is 10.0.